The van der Waals surface area contributed by atoms with Crippen molar-refractivity contribution in [1.29, 1.82) is 0 Å². The fourth-order valence-electron chi connectivity index (χ4n) is 1.55. The molecule has 114 valence electrons. The first-order valence-electron chi connectivity index (χ1n) is 6.06. The van der Waals surface area contributed by atoms with Crippen LogP contribution in [0.2, 0.25) is 0 Å². The van der Waals surface area contributed by atoms with Gasteiger partial charge >= 0.3 is 5.97 Å². The molecule has 20 heavy (non-hydrogen) atoms. The van der Waals surface area contributed by atoms with E-state index in [1.165, 1.54) is 36.8 Å². The zero-order valence-corrected chi connectivity index (χ0v) is 13.8. The zero-order chi connectivity index (χ0) is 15.3. The SMILES string of the molecule is COC(=O)CCN(C)S(=O)(=O)N(C)Cc1sccc1C. The van der Waals surface area contributed by atoms with Gasteiger partial charge in [0.15, 0.2) is 0 Å². The van der Waals surface area contributed by atoms with Gasteiger partial charge in [-0.05, 0) is 23.9 Å². The highest BCUT2D eigenvalue weighted by molar-refractivity contribution is 7.86. The lowest BCUT2D eigenvalue weighted by Gasteiger charge is -2.23. The van der Waals surface area contributed by atoms with Gasteiger partial charge in [-0.2, -0.15) is 17.0 Å². The number of esters is 1. The second kappa shape index (κ2) is 7.16. The topological polar surface area (TPSA) is 66.9 Å². The molecule has 6 nitrogen and oxygen atoms in total. The highest BCUT2D eigenvalue weighted by atomic mass is 32.2. The van der Waals surface area contributed by atoms with E-state index < -0.39 is 16.2 Å². The van der Waals surface area contributed by atoms with E-state index in [4.69, 9.17) is 0 Å². The summed E-state index contributed by atoms with van der Waals surface area (Å²) in [4.78, 5) is 12.1. The number of nitrogens with zero attached hydrogens (tertiary/aromatic N) is 2. The van der Waals surface area contributed by atoms with E-state index in [-0.39, 0.29) is 13.0 Å². The van der Waals surface area contributed by atoms with Crippen LogP contribution in [-0.4, -0.2) is 50.7 Å². The van der Waals surface area contributed by atoms with Crippen LogP contribution in [-0.2, 0) is 26.3 Å². The van der Waals surface area contributed by atoms with Crippen LogP contribution in [0.4, 0.5) is 0 Å². The minimum atomic E-state index is -3.57. The van der Waals surface area contributed by atoms with Crippen LogP contribution in [0.3, 0.4) is 0 Å². The van der Waals surface area contributed by atoms with E-state index in [1.54, 1.807) is 0 Å². The summed E-state index contributed by atoms with van der Waals surface area (Å²) in [6.07, 6.45) is 0.0398. The van der Waals surface area contributed by atoms with Crippen molar-refractivity contribution in [2.75, 3.05) is 27.7 Å². The van der Waals surface area contributed by atoms with Gasteiger partial charge in [-0.25, -0.2) is 0 Å². The van der Waals surface area contributed by atoms with E-state index in [2.05, 4.69) is 4.74 Å². The van der Waals surface area contributed by atoms with Gasteiger partial charge < -0.3 is 4.74 Å². The van der Waals surface area contributed by atoms with E-state index in [0.29, 0.717) is 6.54 Å². The molecule has 0 aliphatic rings. The molecule has 8 heteroatoms. The van der Waals surface area contributed by atoms with Crippen LogP contribution in [0.15, 0.2) is 11.4 Å². The molecular formula is C12H20N2O4S2. The fraction of sp³-hybridized carbons (Fsp3) is 0.583. The predicted molar refractivity (Wildman–Crippen MR) is 78.7 cm³/mol. The molecule has 1 aromatic rings. The molecular weight excluding hydrogens is 300 g/mol. The van der Waals surface area contributed by atoms with E-state index in [0.717, 1.165) is 14.7 Å². The number of ether oxygens (including phenoxy) is 1. The number of hydrogen-bond donors (Lipinski definition) is 0. The smallest absolute Gasteiger partial charge is 0.306 e. The Kier molecular flexibility index (Phi) is 6.12. The lowest BCUT2D eigenvalue weighted by Crippen LogP contribution is -2.40. The number of aryl methyl sites for hydroxylation is 1. The van der Waals surface area contributed by atoms with E-state index in [9.17, 15) is 13.2 Å². The lowest BCUT2D eigenvalue weighted by molar-refractivity contribution is -0.140. The van der Waals surface area contributed by atoms with Crippen molar-refractivity contribution in [3.8, 4) is 0 Å². The van der Waals surface area contributed by atoms with Crippen LogP contribution in [0.5, 0.6) is 0 Å². The van der Waals surface area contributed by atoms with Gasteiger partial charge in [-0.15, -0.1) is 11.3 Å². The third-order valence-electron chi connectivity index (χ3n) is 2.98. The van der Waals surface area contributed by atoms with Crippen LogP contribution >= 0.6 is 11.3 Å². The number of thiophene rings is 1. The molecule has 0 spiro atoms. The number of hydrogen-bond acceptors (Lipinski definition) is 5. The third kappa shape index (κ3) is 4.27. The molecule has 0 bridgehead atoms. The lowest BCUT2D eigenvalue weighted by atomic mass is 10.3. The average Bonchev–Trinajstić information content (AvgIpc) is 2.80. The molecule has 0 fully saturated rings. The summed E-state index contributed by atoms with van der Waals surface area (Å²) in [5.41, 5.74) is 1.08. The monoisotopic (exact) mass is 320 g/mol. The van der Waals surface area contributed by atoms with Crippen molar-refractivity contribution < 1.29 is 17.9 Å². The molecule has 1 heterocycles. The van der Waals surface area contributed by atoms with Gasteiger partial charge in [-0.3, -0.25) is 4.79 Å². The Morgan fingerprint density at radius 1 is 1.35 bits per heavy atom. The minimum absolute atomic E-state index is 0.0398. The van der Waals surface area contributed by atoms with Crippen LogP contribution in [0.25, 0.3) is 0 Å². The first-order chi connectivity index (χ1) is 9.28. The van der Waals surface area contributed by atoms with Gasteiger partial charge in [0.05, 0.1) is 13.5 Å². The third-order valence-corrected chi connectivity index (χ3v) is 5.88. The molecule has 0 unspecified atom stereocenters. The van der Waals surface area contributed by atoms with Crippen molar-refractivity contribution in [1.82, 2.24) is 8.61 Å². The largest absolute Gasteiger partial charge is 0.469 e. The summed E-state index contributed by atoms with van der Waals surface area (Å²) in [7, 11) is 0.695. The van der Waals surface area contributed by atoms with Crippen LogP contribution in [0, 0.1) is 6.92 Å². The highest BCUT2D eigenvalue weighted by Gasteiger charge is 2.24. The Bertz CT molecular complexity index is 554. The molecule has 0 aliphatic heterocycles. The first kappa shape index (κ1) is 17.1. The van der Waals surface area contributed by atoms with E-state index >= 15 is 0 Å². The summed E-state index contributed by atoms with van der Waals surface area (Å²) in [5, 5.41) is 1.94. The van der Waals surface area contributed by atoms with Gasteiger partial charge in [-0.1, -0.05) is 0 Å². The van der Waals surface area contributed by atoms with Gasteiger partial charge in [0.25, 0.3) is 10.2 Å². The molecule has 0 saturated carbocycles. The van der Waals surface area contributed by atoms with Gasteiger partial charge in [0, 0.05) is 32.1 Å². The molecule has 0 amide bonds. The molecule has 0 aromatic carbocycles. The molecule has 0 radical (unpaired) electrons. The second-order valence-corrected chi connectivity index (χ2v) is 7.58. The van der Waals surface area contributed by atoms with Crippen molar-refractivity contribution in [2.24, 2.45) is 0 Å². The van der Waals surface area contributed by atoms with E-state index in [1.807, 2.05) is 18.4 Å². The van der Waals surface area contributed by atoms with Crippen molar-refractivity contribution >= 4 is 27.5 Å². The van der Waals surface area contributed by atoms with Gasteiger partial charge in [0.1, 0.15) is 0 Å². The molecule has 0 atom stereocenters. The summed E-state index contributed by atoms with van der Waals surface area (Å²) in [5.74, 6) is -0.427. The Morgan fingerprint density at radius 3 is 2.50 bits per heavy atom. The predicted octanol–water partition coefficient (Wildman–Crippen LogP) is 1.23. The Labute approximate surface area is 124 Å². The van der Waals surface area contributed by atoms with Crippen LogP contribution in [0.1, 0.15) is 16.9 Å². The molecule has 0 N–H and O–H groups in total. The Morgan fingerprint density at radius 2 is 2.00 bits per heavy atom. The zero-order valence-electron chi connectivity index (χ0n) is 12.1. The molecule has 1 rings (SSSR count). The summed E-state index contributed by atoms with van der Waals surface area (Å²) in [6, 6.07) is 1.96. The average molecular weight is 320 g/mol. The Hall–Kier alpha value is -0.960. The van der Waals surface area contributed by atoms with Crippen molar-refractivity contribution in [3.05, 3.63) is 21.9 Å². The quantitative estimate of drug-likeness (QED) is 0.709. The summed E-state index contributed by atoms with van der Waals surface area (Å²) < 4.78 is 31.5. The maximum absolute atomic E-state index is 12.3. The number of rotatable bonds is 7. The molecule has 1 aromatic heterocycles. The molecule has 0 aliphatic carbocycles. The minimum Gasteiger partial charge on any atom is -0.469 e. The normalized spacial score (nSPS) is 12.1. The summed E-state index contributed by atoms with van der Waals surface area (Å²) >= 11 is 1.53. The maximum Gasteiger partial charge on any atom is 0.306 e. The maximum atomic E-state index is 12.3. The molecule has 0 saturated heterocycles. The van der Waals surface area contributed by atoms with Crippen molar-refractivity contribution in [3.63, 3.8) is 0 Å². The summed E-state index contributed by atoms with van der Waals surface area (Å²) in [6.45, 7) is 2.38. The number of carbonyl (C=O) groups excluding carboxylic acids is 1. The Balaban J connectivity index is 2.67. The number of methoxy groups -OCH3 is 1. The first-order valence-corrected chi connectivity index (χ1v) is 8.34. The highest BCUT2D eigenvalue weighted by Crippen LogP contribution is 2.19. The van der Waals surface area contributed by atoms with Gasteiger partial charge in [0.2, 0.25) is 0 Å². The number of carbonyl (C=O) groups is 1. The van der Waals surface area contributed by atoms with Crippen LogP contribution < -0.4 is 0 Å². The second-order valence-electron chi connectivity index (χ2n) is 4.44. The van der Waals surface area contributed by atoms with Crippen molar-refractivity contribution in [2.45, 2.75) is 19.9 Å². The fourth-order valence-corrected chi connectivity index (χ4v) is 3.68. The standard InChI is InChI=1S/C12H20N2O4S2/c1-10-6-8-19-11(10)9-14(3)20(16,17)13(2)7-5-12(15)18-4/h6,8H,5,7,9H2,1-4H3.